The van der Waals surface area contributed by atoms with Crippen molar-refractivity contribution in [2.24, 2.45) is 13.0 Å². The van der Waals surface area contributed by atoms with E-state index in [9.17, 15) is 18.0 Å². The van der Waals surface area contributed by atoms with Gasteiger partial charge in [0.1, 0.15) is 5.52 Å². The van der Waals surface area contributed by atoms with Crippen LogP contribution in [0.1, 0.15) is 38.3 Å². The Morgan fingerprint density at radius 2 is 1.80 bits per heavy atom. The molecule has 2 aliphatic rings. The van der Waals surface area contributed by atoms with E-state index in [2.05, 4.69) is 61.1 Å². The van der Waals surface area contributed by atoms with Crippen LogP contribution in [0.15, 0.2) is 24.5 Å². The zero-order valence-electron chi connectivity index (χ0n) is 23.7. The molecule has 1 amide bonds. The van der Waals surface area contributed by atoms with Crippen molar-refractivity contribution in [3.63, 3.8) is 0 Å². The highest BCUT2D eigenvalue weighted by Gasteiger charge is 2.44. The van der Waals surface area contributed by atoms with Gasteiger partial charge in [-0.3, -0.25) is 9.69 Å². The summed E-state index contributed by atoms with van der Waals surface area (Å²) >= 11 is 0. The second kappa shape index (κ2) is 10.5. The quantitative estimate of drug-likeness (QED) is 0.502. The summed E-state index contributed by atoms with van der Waals surface area (Å²) in [5, 5.41) is 3.54. The SMILES string of the molecule is Cc1ccc(C(C)(C)C)cc1Nc1nc(N2CCN(CC(=O)N3CCC(C(F)(F)F)C3)CC2)nc2ncn(C)c12. The first-order chi connectivity index (χ1) is 18.8. The number of rotatable bonds is 5. The minimum absolute atomic E-state index is 0.00130. The summed E-state index contributed by atoms with van der Waals surface area (Å²) in [6.45, 7) is 11.0. The fraction of sp³-hybridized carbons (Fsp3) is 0.571. The maximum absolute atomic E-state index is 13.0. The van der Waals surface area contributed by atoms with Crippen molar-refractivity contribution in [3.05, 3.63) is 35.7 Å². The molecule has 2 aliphatic heterocycles. The third-order valence-corrected chi connectivity index (χ3v) is 7.93. The van der Waals surface area contributed by atoms with Crippen LogP contribution < -0.4 is 10.2 Å². The number of piperazine rings is 1. The highest BCUT2D eigenvalue weighted by Crippen LogP contribution is 2.34. The van der Waals surface area contributed by atoms with Crippen molar-refractivity contribution >= 4 is 34.5 Å². The summed E-state index contributed by atoms with van der Waals surface area (Å²) in [6, 6.07) is 6.41. The Morgan fingerprint density at radius 1 is 1.07 bits per heavy atom. The van der Waals surface area contributed by atoms with E-state index in [0.29, 0.717) is 43.6 Å². The Hall–Kier alpha value is -3.41. The number of imidazole rings is 1. The summed E-state index contributed by atoms with van der Waals surface area (Å²) in [5.41, 5.74) is 4.67. The average molecular weight is 559 g/mol. The molecule has 40 heavy (non-hydrogen) atoms. The topological polar surface area (TPSA) is 82.4 Å². The predicted molar refractivity (Wildman–Crippen MR) is 149 cm³/mol. The Kier molecular flexibility index (Phi) is 7.41. The van der Waals surface area contributed by atoms with Crippen molar-refractivity contribution in [2.75, 3.05) is 56.0 Å². The lowest BCUT2D eigenvalue weighted by molar-refractivity contribution is -0.171. The van der Waals surface area contributed by atoms with Gasteiger partial charge in [-0.25, -0.2) is 4.98 Å². The van der Waals surface area contributed by atoms with Crippen molar-refractivity contribution < 1.29 is 18.0 Å². The van der Waals surface area contributed by atoms with Crippen LogP contribution in [0.4, 0.5) is 30.6 Å². The van der Waals surface area contributed by atoms with Crippen molar-refractivity contribution in [2.45, 2.75) is 45.7 Å². The van der Waals surface area contributed by atoms with Crippen LogP contribution in [-0.4, -0.2) is 87.2 Å². The lowest BCUT2D eigenvalue weighted by Crippen LogP contribution is -2.50. The van der Waals surface area contributed by atoms with Gasteiger partial charge >= 0.3 is 6.18 Å². The van der Waals surface area contributed by atoms with Crippen LogP contribution in [0, 0.1) is 12.8 Å². The first-order valence-corrected chi connectivity index (χ1v) is 13.7. The molecule has 0 radical (unpaired) electrons. The van der Waals surface area contributed by atoms with Gasteiger partial charge in [0.15, 0.2) is 11.5 Å². The largest absolute Gasteiger partial charge is 0.393 e. The monoisotopic (exact) mass is 558 g/mol. The summed E-state index contributed by atoms with van der Waals surface area (Å²) in [4.78, 5) is 32.2. The van der Waals surface area contributed by atoms with Crippen molar-refractivity contribution in [1.29, 1.82) is 0 Å². The van der Waals surface area contributed by atoms with Gasteiger partial charge in [0.2, 0.25) is 11.9 Å². The Bertz CT molecular complexity index is 1390. The number of aromatic nitrogens is 4. The molecule has 2 fully saturated rings. The van der Waals surface area contributed by atoms with Crippen LogP contribution >= 0.6 is 0 Å². The molecule has 1 aromatic carbocycles. The molecular formula is C28H37F3N8O. The smallest absolute Gasteiger partial charge is 0.341 e. The molecule has 3 aromatic rings. The molecule has 0 bridgehead atoms. The van der Waals surface area contributed by atoms with Gasteiger partial charge in [0.25, 0.3) is 0 Å². The van der Waals surface area contributed by atoms with E-state index in [1.807, 2.05) is 16.5 Å². The van der Waals surface area contributed by atoms with E-state index in [0.717, 1.165) is 16.8 Å². The number of aryl methyl sites for hydroxylation is 2. The van der Waals surface area contributed by atoms with Gasteiger partial charge in [-0.2, -0.15) is 23.1 Å². The molecule has 2 saturated heterocycles. The van der Waals surface area contributed by atoms with Crippen molar-refractivity contribution in [1.82, 2.24) is 29.3 Å². The number of hydrogen-bond acceptors (Lipinski definition) is 7. The molecule has 216 valence electrons. The summed E-state index contributed by atoms with van der Waals surface area (Å²) in [6.07, 6.45) is -2.55. The van der Waals surface area contributed by atoms with Gasteiger partial charge in [-0.05, 0) is 36.0 Å². The minimum Gasteiger partial charge on any atom is -0.341 e. The maximum atomic E-state index is 13.0. The van der Waals surface area contributed by atoms with E-state index < -0.39 is 12.1 Å². The molecule has 1 unspecified atom stereocenters. The summed E-state index contributed by atoms with van der Waals surface area (Å²) in [7, 11) is 1.91. The number of likely N-dealkylation sites (tertiary alicyclic amines) is 1. The molecule has 12 heteroatoms. The maximum Gasteiger partial charge on any atom is 0.393 e. The highest BCUT2D eigenvalue weighted by atomic mass is 19.4. The standard InChI is InChI=1S/C28H37F3N8O/c1-18-6-7-19(27(2,3)4)14-21(18)33-25-23-24(32-17-36(23)5)34-26(35-25)38-12-10-37(11-13-38)16-22(40)39-9-8-20(15-39)28(29,30)31/h6-7,14,17,20H,8-13,15-16H2,1-5H3,(H,33,34,35). The number of carbonyl (C=O) groups is 1. The molecule has 9 nitrogen and oxygen atoms in total. The molecule has 4 heterocycles. The van der Waals surface area contributed by atoms with Crippen molar-refractivity contribution in [3.8, 4) is 0 Å². The number of alkyl halides is 3. The summed E-state index contributed by atoms with van der Waals surface area (Å²) < 4.78 is 41.0. The number of nitrogens with one attached hydrogen (secondary N) is 1. The lowest BCUT2D eigenvalue weighted by atomic mass is 9.86. The van der Waals surface area contributed by atoms with Gasteiger partial charge < -0.3 is 19.7 Å². The molecule has 1 atom stereocenters. The number of fused-ring (bicyclic) bond motifs is 1. The first-order valence-electron chi connectivity index (χ1n) is 13.7. The third-order valence-electron chi connectivity index (χ3n) is 7.93. The predicted octanol–water partition coefficient (Wildman–Crippen LogP) is 4.25. The van der Waals surface area contributed by atoms with Gasteiger partial charge in [-0.1, -0.05) is 32.9 Å². The Balaban J connectivity index is 1.29. The van der Waals surface area contributed by atoms with E-state index in [1.165, 1.54) is 10.5 Å². The second-order valence-electron chi connectivity index (χ2n) is 11.9. The first kappa shape index (κ1) is 28.1. The normalized spacial score (nSPS) is 19.1. The lowest BCUT2D eigenvalue weighted by Gasteiger charge is -2.35. The molecule has 0 saturated carbocycles. The second-order valence-corrected chi connectivity index (χ2v) is 11.9. The van der Waals surface area contributed by atoms with Crippen LogP contribution in [0.2, 0.25) is 0 Å². The summed E-state index contributed by atoms with van der Waals surface area (Å²) in [5.74, 6) is -0.447. The van der Waals surface area contributed by atoms with Crippen LogP contribution in [0.3, 0.4) is 0 Å². The van der Waals surface area contributed by atoms with Crippen LogP contribution in [0.25, 0.3) is 11.2 Å². The van der Waals surface area contributed by atoms with E-state index >= 15 is 0 Å². The van der Waals surface area contributed by atoms with E-state index in [-0.39, 0.29) is 37.4 Å². The van der Waals surface area contributed by atoms with Gasteiger partial charge in [0.05, 0.1) is 18.8 Å². The molecule has 0 spiro atoms. The fourth-order valence-electron chi connectivity index (χ4n) is 5.28. The van der Waals surface area contributed by atoms with Gasteiger partial charge in [-0.15, -0.1) is 0 Å². The number of amides is 1. The zero-order valence-corrected chi connectivity index (χ0v) is 23.7. The van der Waals surface area contributed by atoms with Crippen LogP contribution in [-0.2, 0) is 17.3 Å². The molecule has 1 N–H and O–H groups in total. The van der Waals surface area contributed by atoms with Crippen LogP contribution in [0.5, 0.6) is 0 Å². The number of halogens is 3. The third kappa shape index (κ3) is 5.86. The fourth-order valence-corrected chi connectivity index (χ4v) is 5.28. The molecule has 5 rings (SSSR count). The number of anilines is 3. The highest BCUT2D eigenvalue weighted by molar-refractivity contribution is 5.87. The molecule has 2 aromatic heterocycles. The Morgan fingerprint density at radius 3 is 2.45 bits per heavy atom. The number of nitrogens with zero attached hydrogens (tertiary/aromatic N) is 7. The van der Waals surface area contributed by atoms with E-state index in [1.54, 1.807) is 6.33 Å². The molecular weight excluding hydrogens is 521 g/mol. The number of benzene rings is 1. The minimum atomic E-state index is -4.25. The number of carbonyl (C=O) groups excluding carboxylic acids is 1. The molecule has 0 aliphatic carbocycles. The van der Waals surface area contributed by atoms with E-state index in [4.69, 9.17) is 9.97 Å². The number of hydrogen-bond donors (Lipinski definition) is 1. The van der Waals surface area contributed by atoms with Gasteiger partial charge in [0, 0.05) is 52.0 Å². The Labute approximate surface area is 232 Å². The average Bonchev–Trinajstić information content (AvgIpc) is 3.53. The zero-order chi connectivity index (χ0) is 28.8.